The molecule has 3 nitrogen and oxygen atoms in total. The Morgan fingerprint density at radius 2 is 1.97 bits per heavy atom. The van der Waals surface area contributed by atoms with Gasteiger partial charge in [0, 0.05) is 19.0 Å². The van der Waals surface area contributed by atoms with Crippen LogP contribution in [0.3, 0.4) is 0 Å². The number of aliphatic hydroxyl groups excluding tert-OH is 1. The molecular formula is C26H38NO2P. The van der Waals surface area contributed by atoms with Crippen LogP contribution in [0.5, 0.6) is 0 Å². The van der Waals surface area contributed by atoms with Crippen LogP contribution in [0.1, 0.15) is 32.6 Å². The lowest BCUT2D eigenvalue weighted by molar-refractivity contribution is -0.107. The van der Waals surface area contributed by atoms with Gasteiger partial charge < -0.3 is 9.84 Å². The maximum atomic E-state index is 9.96. The van der Waals surface area contributed by atoms with Crippen molar-refractivity contribution < 1.29 is 9.84 Å². The van der Waals surface area contributed by atoms with Gasteiger partial charge in [0.15, 0.2) is 0 Å². The summed E-state index contributed by atoms with van der Waals surface area (Å²) in [6.45, 7) is 6.04. The predicted octanol–water partition coefficient (Wildman–Crippen LogP) is 5.23. The van der Waals surface area contributed by atoms with E-state index in [1.165, 1.54) is 19.3 Å². The van der Waals surface area contributed by atoms with Crippen LogP contribution in [-0.2, 0) is 4.74 Å². The zero-order valence-corrected chi connectivity index (χ0v) is 19.5. The molecule has 6 unspecified atom stereocenters. The molecule has 0 radical (unpaired) electrons. The van der Waals surface area contributed by atoms with Crippen molar-refractivity contribution in [1.82, 2.24) is 4.90 Å². The summed E-state index contributed by atoms with van der Waals surface area (Å²) in [7, 11) is 0.709. The molecule has 6 atom stereocenters. The molecule has 0 aromatic rings. The van der Waals surface area contributed by atoms with E-state index in [0.717, 1.165) is 19.5 Å². The molecule has 30 heavy (non-hydrogen) atoms. The van der Waals surface area contributed by atoms with Crippen LogP contribution in [0.15, 0.2) is 72.9 Å². The lowest BCUT2D eigenvalue weighted by Gasteiger charge is -2.54. The molecule has 164 valence electrons. The number of ether oxygens (including phenoxy) is 1. The third-order valence-corrected chi connectivity index (χ3v) is 7.51. The summed E-state index contributed by atoms with van der Waals surface area (Å²) in [5.41, 5.74) is -0.118. The topological polar surface area (TPSA) is 32.7 Å². The first-order valence-electron chi connectivity index (χ1n) is 11.4. The van der Waals surface area contributed by atoms with Crippen LogP contribution in [0, 0.1) is 11.8 Å². The van der Waals surface area contributed by atoms with Crippen LogP contribution in [0.2, 0.25) is 0 Å². The molecule has 1 heterocycles. The summed E-state index contributed by atoms with van der Waals surface area (Å²) < 4.78 is 6.17. The molecule has 3 aliphatic rings. The molecule has 1 N–H and O–H groups in total. The first-order chi connectivity index (χ1) is 14.7. The molecule has 3 rings (SSSR count). The second-order valence-electron chi connectivity index (χ2n) is 8.40. The van der Waals surface area contributed by atoms with Gasteiger partial charge in [-0.25, -0.2) is 0 Å². The van der Waals surface area contributed by atoms with Crippen molar-refractivity contribution >= 4 is 8.58 Å². The number of hydrogen-bond acceptors (Lipinski definition) is 3. The van der Waals surface area contributed by atoms with Crippen molar-refractivity contribution in [2.75, 3.05) is 26.4 Å². The van der Waals surface area contributed by atoms with E-state index in [2.05, 4.69) is 84.5 Å². The first-order valence-corrected chi connectivity index (χ1v) is 13.0. The van der Waals surface area contributed by atoms with Crippen molar-refractivity contribution in [3.63, 3.8) is 0 Å². The maximum absolute atomic E-state index is 9.96. The molecule has 0 bridgehead atoms. The lowest BCUT2D eigenvalue weighted by Crippen LogP contribution is -2.63. The van der Waals surface area contributed by atoms with Gasteiger partial charge in [-0.05, 0) is 45.2 Å². The Bertz CT molecular complexity index is 692. The second kappa shape index (κ2) is 12.0. The van der Waals surface area contributed by atoms with Crippen LogP contribution < -0.4 is 0 Å². The van der Waals surface area contributed by atoms with Gasteiger partial charge in [0.1, 0.15) is 0 Å². The fourth-order valence-corrected chi connectivity index (χ4v) is 5.81. The van der Waals surface area contributed by atoms with E-state index in [9.17, 15) is 5.11 Å². The minimum Gasteiger partial charge on any atom is -0.394 e. The molecule has 0 spiro atoms. The molecule has 4 heteroatoms. The Morgan fingerprint density at radius 3 is 2.63 bits per heavy atom. The normalized spacial score (nSPS) is 32.9. The Hall–Kier alpha value is -1.25. The Labute approximate surface area is 184 Å². The zero-order chi connectivity index (χ0) is 21.2. The summed E-state index contributed by atoms with van der Waals surface area (Å²) in [5, 5.41) is 9.96. The Morgan fingerprint density at radius 1 is 1.10 bits per heavy atom. The quantitative estimate of drug-likeness (QED) is 0.327. The number of rotatable bonds is 8. The van der Waals surface area contributed by atoms with Crippen molar-refractivity contribution in [1.29, 1.82) is 0 Å². The molecule has 1 fully saturated rings. The lowest BCUT2D eigenvalue weighted by atomic mass is 9.66. The average Bonchev–Trinajstić information content (AvgIpc) is 2.82. The van der Waals surface area contributed by atoms with Gasteiger partial charge >= 0.3 is 0 Å². The maximum Gasteiger partial charge on any atom is 0.0941 e. The largest absolute Gasteiger partial charge is 0.394 e. The van der Waals surface area contributed by atoms with Gasteiger partial charge in [0.05, 0.1) is 24.1 Å². The summed E-state index contributed by atoms with van der Waals surface area (Å²) in [6.07, 6.45) is 31.5. The van der Waals surface area contributed by atoms with E-state index in [1.54, 1.807) is 0 Å². The fourth-order valence-electron chi connectivity index (χ4n) is 5.08. The highest BCUT2D eigenvalue weighted by atomic mass is 31.1. The third-order valence-electron chi connectivity index (χ3n) is 6.55. The minimum atomic E-state index is -0.118. The molecule has 0 amide bonds. The predicted molar refractivity (Wildman–Crippen MR) is 130 cm³/mol. The SMILES string of the molecule is C\C=C/C=C\C=C\C(C1C=CC=CC1)(C1C=CCCC1)N1CC(CO)OC(PC)C1. The number of nitrogens with zero attached hydrogens (tertiary/aromatic N) is 1. The Kier molecular flexibility index (Phi) is 9.33. The highest BCUT2D eigenvalue weighted by Crippen LogP contribution is 2.45. The monoisotopic (exact) mass is 427 g/mol. The minimum absolute atomic E-state index is 0.0827. The third kappa shape index (κ3) is 5.51. The smallest absolute Gasteiger partial charge is 0.0941 e. The average molecular weight is 428 g/mol. The van der Waals surface area contributed by atoms with Gasteiger partial charge in [0.25, 0.3) is 0 Å². The van der Waals surface area contributed by atoms with Crippen molar-refractivity contribution in [2.45, 2.75) is 50.1 Å². The number of aliphatic hydroxyl groups is 1. The van der Waals surface area contributed by atoms with Crippen molar-refractivity contribution in [3.05, 3.63) is 72.9 Å². The molecule has 0 aromatic heterocycles. The fraction of sp³-hybridized carbons (Fsp3) is 0.538. The van der Waals surface area contributed by atoms with E-state index < -0.39 is 0 Å². The van der Waals surface area contributed by atoms with E-state index in [4.69, 9.17) is 4.74 Å². The summed E-state index contributed by atoms with van der Waals surface area (Å²) in [6, 6.07) is 0. The van der Waals surface area contributed by atoms with Gasteiger partial charge in [-0.15, -0.1) is 0 Å². The van der Waals surface area contributed by atoms with E-state index >= 15 is 0 Å². The summed E-state index contributed by atoms with van der Waals surface area (Å²) in [5.74, 6) is 1.05. The Balaban J connectivity index is 2.05. The molecule has 0 aromatic carbocycles. The van der Waals surface area contributed by atoms with Gasteiger partial charge in [0.2, 0.25) is 0 Å². The van der Waals surface area contributed by atoms with E-state index in [1.807, 2.05) is 6.92 Å². The van der Waals surface area contributed by atoms with Crippen molar-refractivity contribution in [3.8, 4) is 0 Å². The van der Waals surface area contributed by atoms with E-state index in [-0.39, 0.29) is 24.1 Å². The van der Waals surface area contributed by atoms with E-state index in [0.29, 0.717) is 20.4 Å². The molecule has 2 aliphatic carbocycles. The van der Waals surface area contributed by atoms with Gasteiger partial charge in [-0.3, -0.25) is 4.90 Å². The summed E-state index contributed by atoms with van der Waals surface area (Å²) in [4.78, 5) is 2.65. The van der Waals surface area contributed by atoms with Crippen LogP contribution in [0.25, 0.3) is 0 Å². The first kappa shape index (κ1) is 23.4. The summed E-state index contributed by atoms with van der Waals surface area (Å²) >= 11 is 0. The van der Waals surface area contributed by atoms with Crippen molar-refractivity contribution in [2.24, 2.45) is 11.8 Å². The van der Waals surface area contributed by atoms with Crippen LogP contribution >= 0.6 is 8.58 Å². The van der Waals surface area contributed by atoms with Crippen LogP contribution in [0.4, 0.5) is 0 Å². The highest BCUT2D eigenvalue weighted by molar-refractivity contribution is 7.37. The second-order valence-corrected chi connectivity index (χ2v) is 9.62. The molecule has 1 aliphatic heterocycles. The standard InChI is InChI=1S/C26H38NO2P/c1-3-4-5-6-13-18-26(22-14-9-7-10-15-22,23-16-11-8-12-17-23)27-19-24(21-28)29-25(20-27)30-2/h3-7,9-11,13-14,16,18,22-25,28,30H,8,12,15,17,19-21H2,1-2H3/b4-3-,6-5-,18-13+. The molecular weight excluding hydrogens is 389 g/mol. The number of allylic oxidation sites excluding steroid dienone is 9. The highest BCUT2D eigenvalue weighted by Gasteiger charge is 2.48. The van der Waals surface area contributed by atoms with Gasteiger partial charge in [-0.1, -0.05) is 81.5 Å². The van der Waals surface area contributed by atoms with Crippen LogP contribution in [-0.4, -0.2) is 53.9 Å². The number of morpholine rings is 1. The molecule has 1 saturated heterocycles. The molecule has 0 saturated carbocycles. The zero-order valence-electron chi connectivity index (χ0n) is 18.5. The van der Waals surface area contributed by atoms with Gasteiger partial charge in [-0.2, -0.15) is 0 Å². The number of hydrogen-bond donors (Lipinski definition) is 1.